The largest absolute Gasteiger partial charge is 0.324 e. The predicted octanol–water partition coefficient (Wildman–Crippen LogP) is 3.40. The number of aryl methyl sites for hydroxylation is 1. The monoisotopic (exact) mass is 429 g/mol. The molecule has 30 heavy (non-hydrogen) atoms. The average molecular weight is 430 g/mol. The number of anilines is 1. The number of rotatable bonds is 4. The van der Waals surface area contributed by atoms with Gasteiger partial charge in [-0.1, -0.05) is 37.3 Å². The highest BCUT2D eigenvalue weighted by molar-refractivity contribution is 7.14. The lowest BCUT2D eigenvalue weighted by Crippen LogP contribution is -2.54. The number of benzene rings is 1. The van der Waals surface area contributed by atoms with Crippen molar-refractivity contribution in [2.24, 2.45) is 0 Å². The van der Waals surface area contributed by atoms with Gasteiger partial charge in [0.05, 0.1) is 12.1 Å². The highest BCUT2D eigenvalue weighted by atomic mass is 32.1. The fourth-order valence-corrected chi connectivity index (χ4v) is 4.20. The van der Waals surface area contributed by atoms with Crippen LogP contribution in [0.4, 0.5) is 15.1 Å². The maximum atomic E-state index is 14.4. The zero-order chi connectivity index (χ0) is 21.3. The van der Waals surface area contributed by atoms with Crippen LogP contribution in [0.15, 0.2) is 24.4 Å². The molecule has 8 nitrogen and oxygen atoms in total. The van der Waals surface area contributed by atoms with Gasteiger partial charge in [-0.2, -0.15) is 0 Å². The van der Waals surface area contributed by atoms with Crippen molar-refractivity contribution >= 4 is 34.2 Å². The number of halogens is 1. The number of amides is 2. The first-order chi connectivity index (χ1) is 14.4. The molecule has 1 aliphatic heterocycles. The van der Waals surface area contributed by atoms with Crippen LogP contribution in [-0.2, 0) is 0 Å². The lowest BCUT2D eigenvalue weighted by Gasteiger charge is -2.35. The van der Waals surface area contributed by atoms with E-state index in [1.165, 1.54) is 16.2 Å². The Bertz CT molecular complexity index is 1060. The first-order valence-corrected chi connectivity index (χ1v) is 10.7. The zero-order valence-corrected chi connectivity index (χ0v) is 17.9. The Morgan fingerprint density at radius 3 is 2.87 bits per heavy atom. The lowest BCUT2D eigenvalue weighted by atomic mass is 10.0. The number of carbonyl (C=O) groups excluding carboxylic acids is 1. The van der Waals surface area contributed by atoms with Crippen LogP contribution < -0.4 is 10.6 Å². The molecule has 2 aromatic heterocycles. The molecule has 2 atom stereocenters. The van der Waals surface area contributed by atoms with E-state index in [1.807, 2.05) is 39.0 Å². The van der Waals surface area contributed by atoms with Crippen LogP contribution in [0.5, 0.6) is 0 Å². The summed E-state index contributed by atoms with van der Waals surface area (Å²) in [6.07, 6.45) is 1.11. The van der Waals surface area contributed by atoms with Crippen molar-refractivity contribution in [1.82, 2.24) is 30.4 Å². The number of urea groups is 1. The van der Waals surface area contributed by atoms with E-state index in [2.05, 4.69) is 30.8 Å². The fraction of sp³-hybridized carbons (Fsp3) is 0.450. The van der Waals surface area contributed by atoms with E-state index in [4.69, 9.17) is 0 Å². The Morgan fingerprint density at radius 2 is 2.17 bits per heavy atom. The van der Waals surface area contributed by atoms with Crippen molar-refractivity contribution in [1.29, 1.82) is 0 Å². The van der Waals surface area contributed by atoms with Crippen LogP contribution in [-0.4, -0.2) is 62.4 Å². The number of nitrogens with one attached hydrogen (secondary N) is 2. The second kappa shape index (κ2) is 8.57. The first-order valence-electron chi connectivity index (χ1n) is 9.92. The van der Waals surface area contributed by atoms with Crippen LogP contribution in [0.3, 0.4) is 0 Å². The van der Waals surface area contributed by atoms with Gasteiger partial charge in [-0.3, -0.25) is 5.32 Å². The molecule has 10 heteroatoms. The molecule has 0 unspecified atom stereocenters. The van der Waals surface area contributed by atoms with Gasteiger partial charge in [0.1, 0.15) is 16.2 Å². The van der Waals surface area contributed by atoms with E-state index in [-0.39, 0.29) is 24.6 Å². The van der Waals surface area contributed by atoms with Gasteiger partial charge in [0.2, 0.25) is 5.95 Å². The summed E-state index contributed by atoms with van der Waals surface area (Å²) in [7, 11) is 0. The molecule has 2 amide bonds. The van der Waals surface area contributed by atoms with Crippen molar-refractivity contribution in [3.63, 3.8) is 0 Å². The highest BCUT2D eigenvalue weighted by Crippen LogP contribution is 2.26. The average Bonchev–Trinajstić information content (AvgIpc) is 3.15. The molecular weight excluding hydrogens is 405 g/mol. The first kappa shape index (κ1) is 20.5. The summed E-state index contributed by atoms with van der Waals surface area (Å²) in [6, 6.07) is 5.33. The number of carbonyl (C=O) groups is 1. The van der Waals surface area contributed by atoms with Gasteiger partial charge < -0.3 is 10.2 Å². The van der Waals surface area contributed by atoms with E-state index in [9.17, 15) is 9.18 Å². The molecule has 0 bridgehead atoms. The van der Waals surface area contributed by atoms with Gasteiger partial charge in [0.25, 0.3) is 0 Å². The van der Waals surface area contributed by atoms with Gasteiger partial charge in [-0.25, -0.2) is 19.2 Å². The number of hydrogen-bond acceptors (Lipinski definition) is 7. The van der Waals surface area contributed by atoms with Crippen LogP contribution in [0.2, 0.25) is 0 Å². The van der Waals surface area contributed by atoms with Crippen LogP contribution in [0.25, 0.3) is 21.5 Å². The Morgan fingerprint density at radius 1 is 1.33 bits per heavy atom. The molecule has 3 heterocycles. The van der Waals surface area contributed by atoms with Crippen molar-refractivity contribution in [3.05, 3.63) is 29.4 Å². The quantitative estimate of drug-likeness (QED) is 0.660. The maximum absolute atomic E-state index is 14.4. The Kier molecular flexibility index (Phi) is 5.87. The third-order valence-electron chi connectivity index (χ3n) is 4.95. The summed E-state index contributed by atoms with van der Waals surface area (Å²) in [5.74, 6) is 0.191. The molecule has 0 spiro atoms. The smallest absolute Gasteiger partial charge is 0.321 e. The number of piperidine rings is 1. The molecule has 0 radical (unpaired) electrons. The van der Waals surface area contributed by atoms with Crippen molar-refractivity contribution in [3.8, 4) is 10.6 Å². The molecular formula is C20H24FN7OS. The molecule has 0 aliphatic carbocycles. The molecule has 2 N–H and O–H groups in total. The van der Waals surface area contributed by atoms with Crippen molar-refractivity contribution in [2.45, 2.75) is 45.4 Å². The summed E-state index contributed by atoms with van der Waals surface area (Å²) in [5.41, 5.74) is 1.60. The van der Waals surface area contributed by atoms with Crippen LogP contribution >= 0.6 is 11.3 Å². The van der Waals surface area contributed by atoms with Gasteiger partial charge in [-0.05, 0) is 19.4 Å². The number of likely N-dealkylation sites (tertiary alicyclic amines) is 1. The van der Waals surface area contributed by atoms with Crippen molar-refractivity contribution in [2.75, 3.05) is 18.4 Å². The Hall–Kier alpha value is -2.72. The predicted molar refractivity (Wildman–Crippen MR) is 115 cm³/mol. The minimum Gasteiger partial charge on any atom is -0.321 e. The number of aromatic nitrogens is 4. The summed E-state index contributed by atoms with van der Waals surface area (Å²) >= 11 is 1.50. The van der Waals surface area contributed by atoms with Gasteiger partial charge in [-0.15, -0.1) is 10.2 Å². The third-order valence-corrected chi connectivity index (χ3v) is 5.84. The second-order valence-electron chi connectivity index (χ2n) is 7.70. The van der Waals surface area contributed by atoms with E-state index < -0.39 is 12.2 Å². The molecule has 1 saturated heterocycles. The third kappa shape index (κ3) is 4.54. The topological polar surface area (TPSA) is 95.9 Å². The van der Waals surface area contributed by atoms with Crippen LogP contribution in [0.1, 0.15) is 25.3 Å². The van der Waals surface area contributed by atoms with Gasteiger partial charge in [0, 0.05) is 35.8 Å². The van der Waals surface area contributed by atoms with E-state index in [1.54, 1.807) is 6.20 Å². The lowest BCUT2D eigenvalue weighted by molar-refractivity contribution is 0.119. The number of hydrogen-bond donors (Lipinski definition) is 2. The number of nitrogens with zero attached hydrogens (tertiary/aromatic N) is 5. The van der Waals surface area contributed by atoms with Gasteiger partial charge in [0.15, 0.2) is 0 Å². The molecule has 0 saturated carbocycles. The molecule has 1 aromatic carbocycles. The number of fused-ring (bicyclic) bond motifs is 1. The van der Waals surface area contributed by atoms with E-state index >= 15 is 0 Å². The van der Waals surface area contributed by atoms with Crippen LogP contribution in [0, 0.1) is 6.92 Å². The Balaban J connectivity index is 1.46. The highest BCUT2D eigenvalue weighted by Gasteiger charge is 2.31. The molecule has 3 aromatic rings. The minimum absolute atomic E-state index is 0.0460. The minimum atomic E-state index is -1.11. The molecule has 4 rings (SSSR count). The van der Waals surface area contributed by atoms with Gasteiger partial charge >= 0.3 is 6.03 Å². The maximum Gasteiger partial charge on any atom is 0.324 e. The zero-order valence-electron chi connectivity index (χ0n) is 17.1. The SMILES string of the molecule is Cc1nnc(-c2ccc3cnc(NC(=O)N4CC[C@H](NC(C)C)[C@@H](F)C4)nc3c2)s1. The second-order valence-corrected chi connectivity index (χ2v) is 8.88. The van der Waals surface area contributed by atoms with E-state index in [0.717, 1.165) is 21.0 Å². The summed E-state index contributed by atoms with van der Waals surface area (Å²) in [5, 5.41) is 16.7. The number of alkyl halides is 1. The standard InChI is InChI=1S/C20H24FN7OS/c1-11(2)23-16-6-7-28(10-15(16)21)20(29)25-19-22-9-14-5-4-13(8-17(14)24-19)18-27-26-12(3)30-18/h4-5,8-9,11,15-16,23H,6-7,10H2,1-3H3,(H,22,24,25,29)/t15-,16-/m0/s1. The summed E-state index contributed by atoms with van der Waals surface area (Å²) in [4.78, 5) is 22.7. The summed E-state index contributed by atoms with van der Waals surface area (Å²) in [6.45, 7) is 6.40. The molecule has 1 aliphatic rings. The molecule has 158 valence electrons. The molecule has 1 fully saturated rings. The fourth-order valence-electron chi connectivity index (χ4n) is 3.51. The summed E-state index contributed by atoms with van der Waals surface area (Å²) < 4.78 is 14.4. The van der Waals surface area contributed by atoms with E-state index in [0.29, 0.717) is 18.5 Å². The normalized spacial score (nSPS) is 19.4. The Labute approximate surface area is 177 Å². The van der Waals surface area contributed by atoms with Crippen molar-refractivity contribution < 1.29 is 9.18 Å².